The third kappa shape index (κ3) is 4.04. The summed E-state index contributed by atoms with van der Waals surface area (Å²) in [6.07, 6.45) is 4.13. The van der Waals surface area contributed by atoms with Gasteiger partial charge in [-0.3, -0.25) is 14.7 Å². The number of pyridine rings is 1. The van der Waals surface area contributed by atoms with Gasteiger partial charge in [0.1, 0.15) is 5.75 Å². The lowest BCUT2D eigenvalue weighted by Crippen LogP contribution is -2.35. The highest BCUT2D eigenvalue weighted by Gasteiger charge is 2.22. The molecule has 1 aromatic carbocycles. The van der Waals surface area contributed by atoms with Crippen molar-refractivity contribution < 1.29 is 9.15 Å². The Balaban J connectivity index is 1.32. The van der Waals surface area contributed by atoms with Crippen LogP contribution < -0.4 is 10.3 Å². The quantitative estimate of drug-likeness (QED) is 0.489. The van der Waals surface area contributed by atoms with Gasteiger partial charge in [0.15, 0.2) is 11.6 Å². The van der Waals surface area contributed by atoms with Gasteiger partial charge in [0.25, 0.3) is 5.56 Å². The van der Waals surface area contributed by atoms with Gasteiger partial charge in [-0.2, -0.15) is 0 Å². The monoisotopic (exact) mass is 448 g/mol. The van der Waals surface area contributed by atoms with E-state index in [-0.39, 0.29) is 5.56 Å². The molecule has 1 aliphatic heterocycles. The zero-order chi connectivity index (χ0) is 22.1. The number of hydrogen-bond donors (Lipinski definition) is 1. The molecule has 0 amide bonds. The van der Waals surface area contributed by atoms with Gasteiger partial charge in [0.05, 0.1) is 30.3 Å². The molecule has 0 atom stereocenters. The molecule has 0 spiro atoms. The van der Waals surface area contributed by atoms with Crippen LogP contribution in [-0.4, -0.2) is 33.5 Å². The number of hydrogen-bond acceptors (Lipinski definition) is 6. The van der Waals surface area contributed by atoms with Crippen molar-refractivity contribution in [3.05, 3.63) is 87.1 Å². The van der Waals surface area contributed by atoms with Crippen LogP contribution in [0.2, 0.25) is 5.02 Å². The average Bonchev–Trinajstić information content (AvgIpc) is 3.35. The Morgan fingerprint density at radius 3 is 2.91 bits per heavy atom. The number of H-pyrrole nitrogens is 1. The molecule has 8 heteroatoms. The van der Waals surface area contributed by atoms with E-state index < -0.39 is 0 Å². The number of nitrogens with zero attached hydrogens (tertiary/aromatic N) is 3. The number of nitrogens with one attached hydrogen (secondary N) is 1. The third-order valence-electron chi connectivity index (χ3n) is 5.57. The van der Waals surface area contributed by atoms with Gasteiger partial charge in [0, 0.05) is 42.8 Å². The van der Waals surface area contributed by atoms with E-state index in [4.69, 9.17) is 20.8 Å². The highest BCUT2D eigenvalue weighted by atomic mass is 35.5. The highest BCUT2D eigenvalue weighted by molar-refractivity contribution is 6.30. The summed E-state index contributed by atoms with van der Waals surface area (Å²) >= 11 is 6.15. The van der Waals surface area contributed by atoms with Crippen molar-refractivity contribution in [1.29, 1.82) is 0 Å². The van der Waals surface area contributed by atoms with E-state index in [2.05, 4.69) is 19.9 Å². The maximum Gasteiger partial charge on any atom is 0.256 e. The molecule has 1 aliphatic rings. The van der Waals surface area contributed by atoms with Crippen molar-refractivity contribution in [2.45, 2.75) is 19.5 Å². The van der Waals surface area contributed by atoms with Gasteiger partial charge in [-0.05, 0) is 42.0 Å². The van der Waals surface area contributed by atoms with Gasteiger partial charge in [0.2, 0.25) is 0 Å². The van der Waals surface area contributed by atoms with Gasteiger partial charge < -0.3 is 14.1 Å². The number of methoxy groups -OCH3 is 1. The summed E-state index contributed by atoms with van der Waals surface area (Å²) in [6, 6.07) is 13.0. The first kappa shape index (κ1) is 20.5. The summed E-state index contributed by atoms with van der Waals surface area (Å²) < 4.78 is 10.8. The minimum absolute atomic E-state index is 0.118. The molecule has 0 saturated carbocycles. The Hall–Kier alpha value is -3.42. The summed E-state index contributed by atoms with van der Waals surface area (Å²) in [4.78, 5) is 27.0. The van der Waals surface area contributed by atoms with Crippen LogP contribution in [0.3, 0.4) is 0 Å². The SMILES string of the molecule is COc1ccc(Cl)cc1-c1ccc(CN2CCc3nc(-c4ccco4)[nH]c(=O)c3C2)cn1. The first-order chi connectivity index (χ1) is 15.6. The molecule has 5 rings (SSSR count). The topological polar surface area (TPSA) is 84.2 Å². The number of aromatic nitrogens is 3. The van der Waals surface area contributed by atoms with Crippen molar-refractivity contribution in [3.8, 4) is 28.6 Å². The number of furan rings is 1. The smallest absolute Gasteiger partial charge is 0.256 e. The highest BCUT2D eigenvalue weighted by Crippen LogP contribution is 2.31. The molecule has 162 valence electrons. The van der Waals surface area contributed by atoms with E-state index in [1.54, 1.807) is 31.6 Å². The second-order valence-corrected chi connectivity index (χ2v) is 8.11. The zero-order valence-corrected chi connectivity index (χ0v) is 18.2. The van der Waals surface area contributed by atoms with Gasteiger partial charge in [-0.1, -0.05) is 17.7 Å². The fourth-order valence-electron chi connectivity index (χ4n) is 3.96. The standard InChI is InChI=1S/C24H21ClN4O3/c1-31-21-7-5-16(25)11-17(21)19-6-4-15(12-26-19)13-29-9-8-20-18(14-29)24(30)28-23(27-20)22-3-2-10-32-22/h2-7,10-12H,8-9,13-14H2,1H3,(H,27,28,30). The Bertz CT molecular complexity index is 1300. The van der Waals surface area contributed by atoms with E-state index in [0.29, 0.717) is 41.7 Å². The zero-order valence-electron chi connectivity index (χ0n) is 17.5. The number of halogens is 1. The maximum absolute atomic E-state index is 12.7. The van der Waals surface area contributed by atoms with Gasteiger partial charge in [-0.25, -0.2) is 4.98 Å². The van der Waals surface area contributed by atoms with Crippen molar-refractivity contribution >= 4 is 11.6 Å². The molecule has 4 heterocycles. The minimum atomic E-state index is -0.118. The third-order valence-corrected chi connectivity index (χ3v) is 5.81. The molecule has 0 unspecified atom stereocenters. The maximum atomic E-state index is 12.7. The molecule has 1 N–H and O–H groups in total. The Labute approximate surface area is 189 Å². The van der Waals surface area contributed by atoms with E-state index in [9.17, 15) is 4.79 Å². The fraction of sp³-hybridized carbons (Fsp3) is 0.208. The van der Waals surface area contributed by atoms with Crippen molar-refractivity contribution in [2.24, 2.45) is 0 Å². The lowest BCUT2D eigenvalue weighted by molar-refractivity contribution is 0.241. The van der Waals surface area contributed by atoms with Crippen molar-refractivity contribution in [2.75, 3.05) is 13.7 Å². The van der Waals surface area contributed by atoms with E-state index >= 15 is 0 Å². The largest absolute Gasteiger partial charge is 0.496 e. The van der Waals surface area contributed by atoms with Gasteiger partial charge >= 0.3 is 0 Å². The predicted molar refractivity (Wildman–Crippen MR) is 122 cm³/mol. The van der Waals surface area contributed by atoms with Crippen LogP contribution in [0.25, 0.3) is 22.8 Å². The van der Waals surface area contributed by atoms with Crippen LogP contribution in [0.5, 0.6) is 5.75 Å². The Kier molecular flexibility index (Phi) is 5.51. The van der Waals surface area contributed by atoms with Crippen LogP contribution in [0.4, 0.5) is 0 Å². The van der Waals surface area contributed by atoms with Crippen LogP contribution in [0.1, 0.15) is 16.8 Å². The number of fused-ring (bicyclic) bond motifs is 1. The summed E-state index contributed by atoms with van der Waals surface area (Å²) in [6.45, 7) is 2.05. The molecule has 0 bridgehead atoms. The number of ether oxygens (including phenoxy) is 1. The van der Waals surface area contributed by atoms with Crippen molar-refractivity contribution in [1.82, 2.24) is 19.9 Å². The van der Waals surface area contributed by atoms with Crippen LogP contribution in [-0.2, 0) is 19.5 Å². The molecular formula is C24H21ClN4O3. The summed E-state index contributed by atoms with van der Waals surface area (Å²) in [7, 11) is 1.63. The normalized spacial score (nSPS) is 13.7. The number of rotatable bonds is 5. The van der Waals surface area contributed by atoms with E-state index in [0.717, 1.165) is 34.8 Å². The van der Waals surface area contributed by atoms with Gasteiger partial charge in [-0.15, -0.1) is 0 Å². The lowest BCUT2D eigenvalue weighted by atomic mass is 10.1. The van der Waals surface area contributed by atoms with Crippen LogP contribution in [0, 0.1) is 0 Å². The van der Waals surface area contributed by atoms with Crippen LogP contribution >= 0.6 is 11.6 Å². The average molecular weight is 449 g/mol. The van der Waals surface area contributed by atoms with E-state index in [1.807, 2.05) is 30.5 Å². The lowest BCUT2D eigenvalue weighted by Gasteiger charge is -2.27. The minimum Gasteiger partial charge on any atom is -0.496 e. The molecule has 4 aromatic rings. The molecule has 3 aromatic heterocycles. The second kappa shape index (κ2) is 8.61. The fourth-order valence-corrected chi connectivity index (χ4v) is 4.13. The summed E-state index contributed by atoms with van der Waals surface area (Å²) in [5.74, 6) is 1.76. The van der Waals surface area contributed by atoms with Crippen molar-refractivity contribution in [3.63, 3.8) is 0 Å². The Morgan fingerprint density at radius 1 is 1.25 bits per heavy atom. The summed E-state index contributed by atoms with van der Waals surface area (Å²) in [5.41, 5.74) is 4.13. The molecular weight excluding hydrogens is 428 g/mol. The predicted octanol–water partition coefficient (Wildman–Crippen LogP) is 4.31. The molecule has 7 nitrogen and oxygen atoms in total. The van der Waals surface area contributed by atoms with E-state index in [1.165, 1.54) is 0 Å². The molecule has 0 radical (unpaired) electrons. The first-order valence-electron chi connectivity index (χ1n) is 10.3. The molecule has 0 aliphatic carbocycles. The van der Waals surface area contributed by atoms with Crippen LogP contribution in [0.15, 0.2) is 64.1 Å². The molecule has 32 heavy (non-hydrogen) atoms. The molecule has 0 saturated heterocycles. The number of aromatic amines is 1. The Morgan fingerprint density at radius 2 is 2.16 bits per heavy atom. The molecule has 0 fully saturated rings. The first-order valence-corrected chi connectivity index (χ1v) is 10.7. The number of benzene rings is 1. The second-order valence-electron chi connectivity index (χ2n) is 7.67. The summed E-state index contributed by atoms with van der Waals surface area (Å²) in [5, 5.41) is 0.632.